The first-order valence-corrected chi connectivity index (χ1v) is 8.92. The lowest BCUT2D eigenvalue weighted by molar-refractivity contribution is 0.0701. The fourth-order valence-electron chi connectivity index (χ4n) is 3.00. The zero-order chi connectivity index (χ0) is 17.3. The van der Waals surface area contributed by atoms with E-state index in [2.05, 4.69) is 23.0 Å². The van der Waals surface area contributed by atoms with Crippen LogP contribution < -0.4 is 0 Å². The van der Waals surface area contributed by atoms with Gasteiger partial charge in [0, 0.05) is 23.9 Å². The van der Waals surface area contributed by atoms with Crippen LogP contribution in [0.1, 0.15) is 56.1 Å². The van der Waals surface area contributed by atoms with Crippen LogP contribution in [0.25, 0.3) is 0 Å². The van der Waals surface area contributed by atoms with Gasteiger partial charge >= 0.3 is 0 Å². The van der Waals surface area contributed by atoms with Gasteiger partial charge in [-0.3, -0.25) is 4.79 Å². The lowest BCUT2D eigenvalue weighted by Gasteiger charge is -2.31. The fourth-order valence-corrected chi connectivity index (χ4v) is 4.04. The molecule has 0 aliphatic carbocycles. The monoisotopic (exact) mass is 340 g/mol. The molecule has 0 radical (unpaired) electrons. The molecule has 1 aliphatic heterocycles. The summed E-state index contributed by atoms with van der Waals surface area (Å²) in [4.78, 5) is 24.9. The molecule has 0 aromatic carbocycles. The van der Waals surface area contributed by atoms with Crippen molar-refractivity contribution in [2.45, 2.75) is 39.5 Å². The Kier molecular flexibility index (Phi) is 4.63. The largest absolute Gasteiger partial charge is 0.337 e. The number of piperidine rings is 1. The molecule has 3 heterocycles. The van der Waals surface area contributed by atoms with Gasteiger partial charge in [0.1, 0.15) is 11.8 Å². The average Bonchev–Trinajstić information content (AvgIpc) is 2.93. The van der Waals surface area contributed by atoms with E-state index in [1.807, 2.05) is 11.8 Å². The molecule has 1 fully saturated rings. The van der Waals surface area contributed by atoms with Gasteiger partial charge in [-0.05, 0) is 45.7 Å². The molecule has 24 heavy (non-hydrogen) atoms. The molecule has 6 heteroatoms. The summed E-state index contributed by atoms with van der Waals surface area (Å²) in [6.07, 6.45) is 2.04. The Hall–Kier alpha value is -2.26. The minimum absolute atomic E-state index is 0.0581. The van der Waals surface area contributed by atoms with Crippen LogP contribution in [0, 0.1) is 32.1 Å². The summed E-state index contributed by atoms with van der Waals surface area (Å²) >= 11 is 1.74. The first-order chi connectivity index (χ1) is 11.5. The van der Waals surface area contributed by atoms with Gasteiger partial charge in [0.05, 0.1) is 22.0 Å². The maximum atomic E-state index is 12.8. The van der Waals surface area contributed by atoms with Crippen molar-refractivity contribution in [3.63, 3.8) is 0 Å². The van der Waals surface area contributed by atoms with Crippen LogP contribution >= 0.6 is 11.3 Å². The van der Waals surface area contributed by atoms with Gasteiger partial charge in [0.15, 0.2) is 0 Å². The molecule has 1 amide bonds. The summed E-state index contributed by atoms with van der Waals surface area (Å²) in [5.41, 5.74) is 2.61. The number of thiazole rings is 1. The SMILES string of the molecule is Cc1nc(C(=O)N2CCC[C@@H](c3nc(C)c(C)s3)C2)ccc1C#N. The molecule has 0 saturated carbocycles. The van der Waals surface area contributed by atoms with Crippen molar-refractivity contribution in [2.24, 2.45) is 0 Å². The molecule has 0 unspecified atom stereocenters. The van der Waals surface area contributed by atoms with E-state index in [4.69, 9.17) is 5.26 Å². The number of hydrogen-bond donors (Lipinski definition) is 0. The normalized spacial score (nSPS) is 17.6. The van der Waals surface area contributed by atoms with E-state index in [1.54, 1.807) is 30.4 Å². The number of nitrogens with zero attached hydrogens (tertiary/aromatic N) is 4. The van der Waals surface area contributed by atoms with Crippen molar-refractivity contribution in [3.8, 4) is 6.07 Å². The highest BCUT2D eigenvalue weighted by atomic mass is 32.1. The predicted octanol–water partition coefficient (Wildman–Crippen LogP) is 3.35. The number of carbonyl (C=O) groups excluding carboxylic acids is 1. The second-order valence-electron chi connectivity index (χ2n) is 6.23. The Morgan fingerprint density at radius 1 is 1.29 bits per heavy atom. The number of aromatic nitrogens is 2. The average molecular weight is 340 g/mol. The maximum absolute atomic E-state index is 12.8. The Bertz CT molecular complexity index is 801. The van der Waals surface area contributed by atoms with E-state index in [0.29, 0.717) is 29.4 Å². The fraction of sp³-hybridized carbons (Fsp3) is 0.444. The molecule has 124 valence electrons. The number of likely N-dealkylation sites (tertiary alicyclic amines) is 1. The van der Waals surface area contributed by atoms with Gasteiger partial charge in [-0.15, -0.1) is 11.3 Å². The van der Waals surface area contributed by atoms with Gasteiger partial charge in [-0.2, -0.15) is 5.26 Å². The van der Waals surface area contributed by atoms with Crippen molar-refractivity contribution >= 4 is 17.2 Å². The third kappa shape index (κ3) is 3.17. The summed E-state index contributed by atoms with van der Waals surface area (Å²) in [6.45, 7) is 7.32. The third-order valence-corrected chi connectivity index (χ3v) is 5.76. The minimum Gasteiger partial charge on any atom is -0.337 e. The molecule has 2 aromatic rings. The zero-order valence-corrected chi connectivity index (χ0v) is 15.0. The smallest absolute Gasteiger partial charge is 0.272 e. The molecule has 0 spiro atoms. The van der Waals surface area contributed by atoms with E-state index in [1.165, 1.54) is 4.88 Å². The second kappa shape index (κ2) is 6.70. The number of aryl methyl sites for hydroxylation is 3. The van der Waals surface area contributed by atoms with Gasteiger partial charge in [0.2, 0.25) is 0 Å². The molecular weight excluding hydrogens is 320 g/mol. The van der Waals surface area contributed by atoms with Crippen LogP contribution in [0.4, 0.5) is 0 Å². The van der Waals surface area contributed by atoms with E-state index in [0.717, 1.165) is 30.1 Å². The van der Waals surface area contributed by atoms with Crippen LogP contribution in [-0.2, 0) is 0 Å². The topological polar surface area (TPSA) is 69.9 Å². The molecular formula is C18H20N4OS. The Morgan fingerprint density at radius 2 is 2.08 bits per heavy atom. The van der Waals surface area contributed by atoms with Crippen molar-refractivity contribution in [2.75, 3.05) is 13.1 Å². The van der Waals surface area contributed by atoms with Gasteiger partial charge in [-0.25, -0.2) is 9.97 Å². The van der Waals surface area contributed by atoms with Gasteiger partial charge < -0.3 is 4.90 Å². The van der Waals surface area contributed by atoms with Crippen molar-refractivity contribution in [3.05, 3.63) is 44.7 Å². The molecule has 1 aliphatic rings. The summed E-state index contributed by atoms with van der Waals surface area (Å²) in [6, 6.07) is 5.40. The Labute approximate surface area is 146 Å². The molecule has 1 atom stereocenters. The Balaban J connectivity index is 1.78. The molecule has 5 nitrogen and oxygen atoms in total. The maximum Gasteiger partial charge on any atom is 0.272 e. The van der Waals surface area contributed by atoms with E-state index in [-0.39, 0.29) is 5.91 Å². The Morgan fingerprint density at radius 3 is 2.71 bits per heavy atom. The third-order valence-electron chi connectivity index (χ3n) is 4.53. The standard InChI is InChI=1S/C18H20N4OS/c1-11-13(3)24-17(21-11)15-5-4-8-22(10-15)18(23)16-7-6-14(9-19)12(2)20-16/h6-7,15H,4-5,8,10H2,1-3H3/t15-/m1/s1. The van der Waals surface area contributed by atoms with Crippen LogP contribution in [0.15, 0.2) is 12.1 Å². The minimum atomic E-state index is -0.0581. The lowest BCUT2D eigenvalue weighted by Crippen LogP contribution is -2.39. The number of pyridine rings is 1. The number of amides is 1. The summed E-state index contributed by atoms with van der Waals surface area (Å²) in [5.74, 6) is 0.247. The first-order valence-electron chi connectivity index (χ1n) is 8.10. The number of hydrogen-bond acceptors (Lipinski definition) is 5. The van der Waals surface area contributed by atoms with Gasteiger partial charge in [-0.1, -0.05) is 0 Å². The lowest BCUT2D eigenvalue weighted by atomic mass is 9.98. The van der Waals surface area contributed by atoms with Gasteiger partial charge in [0.25, 0.3) is 5.91 Å². The number of carbonyl (C=O) groups is 1. The summed E-state index contributed by atoms with van der Waals surface area (Å²) in [7, 11) is 0. The highest BCUT2D eigenvalue weighted by Gasteiger charge is 2.28. The molecule has 2 aromatic heterocycles. The van der Waals surface area contributed by atoms with E-state index < -0.39 is 0 Å². The van der Waals surface area contributed by atoms with E-state index >= 15 is 0 Å². The van der Waals surface area contributed by atoms with Crippen LogP contribution in [0.3, 0.4) is 0 Å². The molecule has 1 saturated heterocycles. The number of rotatable bonds is 2. The van der Waals surface area contributed by atoms with Crippen LogP contribution in [0.5, 0.6) is 0 Å². The highest BCUT2D eigenvalue weighted by Crippen LogP contribution is 2.31. The first kappa shape index (κ1) is 16.6. The zero-order valence-electron chi connectivity index (χ0n) is 14.2. The molecule has 0 bridgehead atoms. The number of nitriles is 1. The molecule has 0 N–H and O–H groups in total. The quantitative estimate of drug-likeness (QED) is 0.840. The summed E-state index contributed by atoms with van der Waals surface area (Å²) in [5, 5.41) is 10.1. The highest BCUT2D eigenvalue weighted by molar-refractivity contribution is 7.11. The summed E-state index contributed by atoms with van der Waals surface area (Å²) < 4.78 is 0. The van der Waals surface area contributed by atoms with Crippen LogP contribution in [0.2, 0.25) is 0 Å². The molecule has 3 rings (SSSR count). The van der Waals surface area contributed by atoms with Crippen LogP contribution in [-0.4, -0.2) is 33.9 Å². The second-order valence-corrected chi connectivity index (χ2v) is 7.46. The van der Waals surface area contributed by atoms with Crippen molar-refractivity contribution in [1.82, 2.24) is 14.9 Å². The predicted molar refractivity (Wildman–Crippen MR) is 93.2 cm³/mol. The van der Waals surface area contributed by atoms with Crippen molar-refractivity contribution in [1.29, 1.82) is 5.26 Å². The van der Waals surface area contributed by atoms with E-state index in [9.17, 15) is 4.79 Å². The van der Waals surface area contributed by atoms with Crippen molar-refractivity contribution < 1.29 is 4.79 Å².